The Labute approximate surface area is 167 Å². The molecule has 9 heteroatoms. The van der Waals surface area contributed by atoms with Crippen LogP contribution in [-0.2, 0) is 7.05 Å². The van der Waals surface area contributed by atoms with Crippen molar-refractivity contribution in [3.63, 3.8) is 0 Å². The second-order valence-corrected chi connectivity index (χ2v) is 7.22. The molecule has 4 heterocycles. The van der Waals surface area contributed by atoms with Crippen LogP contribution in [-0.4, -0.2) is 48.9 Å². The summed E-state index contributed by atoms with van der Waals surface area (Å²) in [7, 11) is 3.84. The molecule has 4 aromatic heterocycles. The number of H-pyrrole nitrogens is 1. The Morgan fingerprint density at radius 1 is 1.24 bits per heavy atom. The van der Waals surface area contributed by atoms with Crippen molar-refractivity contribution in [3.8, 4) is 17.1 Å². The van der Waals surface area contributed by atoms with Crippen molar-refractivity contribution in [1.82, 2.24) is 35.0 Å². The van der Waals surface area contributed by atoms with E-state index in [2.05, 4.69) is 35.7 Å². The summed E-state index contributed by atoms with van der Waals surface area (Å²) in [5.41, 5.74) is 3.29. The number of ether oxygens (including phenoxy) is 1. The van der Waals surface area contributed by atoms with Crippen molar-refractivity contribution in [1.29, 1.82) is 0 Å². The molecule has 1 fully saturated rings. The van der Waals surface area contributed by atoms with Crippen molar-refractivity contribution in [2.24, 2.45) is 7.05 Å². The summed E-state index contributed by atoms with van der Waals surface area (Å²) in [4.78, 5) is 17.0. The molecule has 0 amide bonds. The zero-order valence-electron chi connectivity index (χ0n) is 16.3. The number of pyridine rings is 1. The fourth-order valence-electron chi connectivity index (χ4n) is 3.54. The summed E-state index contributed by atoms with van der Waals surface area (Å²) in [6.07, 6.45) is 9.31. The fraction of sp³-hybridized carbons (Fsp3) is 0.300. The topological polar surface area (TPSA) is 106 Å². The molecule has 0 aromatic carbocycles. The van der Waals surface area contributed by atoms with Gasteiger partial charge in [0.2, 0.25) is 11.8 Å². The van der Waals surface area contributed by atoms with Crippen LogP contribution in [0.5, 0.6) is 5.88 Å². The van der Waals surface area contributed by atoms with Crippen molar-refractivity contribution < 1.29 is 4.74 Å². The summed E-state index contributed by atoms with van der Waals surface area (Å²) in [6.45, 7) is 0. The third-order valence-electron chi connectivity index (χ3n) is 5.18. The smallest absolute Gasteiger partial charge is 0.232 e. The van der Waals surface area contributed by atoms with E-state index in [1.807, 2.05) is 44.7 Å². The van der Waals surface area contributed by atoms with E-state index in [-0.39, 0.29) is 6.10 Å². The highest BCUT2D eigenvalue weighted by atomic mass is 16.5. The highest BCUT2D eigenvalue weighted by molar-refractivity contribution is 5.97. The molecule has 0 atom stereocenters. The van der Waals surface area contributed by atoms with E-state index in [4.69, 9.17) is 4.74 Å². The maximum Gasteiger partial charge on any atom is 0.232 e. The fourth-order valence-corrected chi connectivity index (χ4v) is 3.54. The van der Waals surface area contributed by atoms with Gasteiger partial charge in [-0.2, -0.15) is 15.1 Å². The van der Waals surface area contributed by atoms with Gasteiger partial charge >= 0.3 is 0 Å². The van der Waals surface area contributed by atoms with Crippen molar-refractivity contribution >= 4 is 22.7 Å². The Morgan fingerprint density at radius 2 is 2.14 bits per heavy atom. The summed E-state index contributed by atoms with van der Waals surface area (Å²) in [5, 5.41) is 11.5. The third kappa shape index (κ3) is 3.40. The number of anilines is 2. The normalized spacial score (nSPS) is 18.6. The van der Waals surface area contributed by atoms with Crippen LogP contribution in [0.2, 0.25) is 0 Å². The van der Waals surface area contributed by atoms with Gasteiger partial charge in [0, 0.05) is 37.2 Å². The molecule has 1 saturated carbocycles. The zero-order valence-corrected chi connectivity index (χ0v) is 16.3. The highest BCUT2D eigenvalue weighted by Gasteiger charge is 2.31. The van der Waals surface area contributed by atoms with Crippen molar-refractivity contribution in [2.45, 2.75) is 25.0 Å². The first-order valence-corrected chi connectivity index (χ1v) is 9.59. The summed E-state index contributed by atoms with van der Waals surface area (Å²) < 4.78 is 8.02. The standard InChI is InChI=1S/C20H22N8O/c1-21-12-7-14(8-12)29-19-17-15(16-5-3-4-6-22-16)10-23-18(17)26-20(27-19)25-13-9-24-28(2)11-13/h3-6,9-12,14,21H,7-8H2,1-2H3,(H2,23,25,26,27). The largest absolute Gasteiger partial charge is 0.474 e. The number of rotatable bonds is 6. The van der Waals surface area contributed by atoms with Crippen molar-refractivity contribution in [2.75, 3.05) is 12.4 Å². The Kier molecular flexibility index (Phi) is 4.36. The van der Waals surface area contributed by atoms with Gasteiger partial charge in [-0.15, -0.1) is 0 Å². The summed E-state index contributed by atoms with van der Waals surface area (Å²) >= 11 is 0. The van der Waals surface area contributed by atoms with Crippen LogP contribution in [0.25, 0.3) is 22.3 Å². The molecule has 148 valence electrons. The molecule has 29 heavy (non-hydrogen) atoms. The Bertz CT molecular complexity index is 1130. The van der Waals surface area contributed by atoms with Gasteiger partial charge < -0.3 is 20.4 Å². The maximum atomic E-state index is 6.30. The van der Waals surface area contributed by atoms with Crippen LogP contribution < -0.4 is 15.4 Å². The molecule has 0 spiro atoms. The van der Waals surface area contributed by atoms with Crippen LogP contribution in [0.1, 0.15) is 12.8 Å². The van der Waals surface area contributed by atoms with Gasteiger partial charge in [-0.25, -0.2) is 0 Å². The van der Waals surface area contributed by atoms with Gasteiger partial charge in [0.15, 0.2) is 0 Å². The number of hydrogen-bond donors (Lipinski definition) is 3. The first-order valence-electron chi connectivity index (χ1n) is 9.59. The predicted octanol–water partition coefficient (Wildman–Crippen LogP) is 2.63. The second-order valence-electron chi connectivity index (χ2n) is 7.22. The van der Waals surface area contributed by atoms with Gasteiger partial charge in [-0.05, 0) is 32.0 Å². The number of nitrogens with one attached hydrogen (secondary N) is 3. The van der Waals surface area contributed by atoms with Gasteiger partial charge in [0.25, 0.3) is 0 Å². The molecule has 0 radical (unpaired) electrons. The van der Waals surface area contributed by atoms with E-state index in [1.54, 1.807) is 17.1 Å². The highest BCUT2D eigenvalue weighted by Crippen LogP contribution is 2.36. The molecule has 0 aliphatic heterocycles. The number of nitrogens with zero attached hydrogens (tertiary/aromatic N) is 5. The quantitative estimate of drug-likeness (QED) is 0.465. The Hall–Kier alpha value is -3.46. The molecular formula is C20H22N8O. The molecule has 0 bridgehead atoms. The number of hydrogen-bond acceptors (Lipinski definition) is 7. The minimum Gasteiger partial charge on any atom is -0.474 e. The predicted molar refractivity (Wildman–Crippen MR) is 110 cm³/mol. The minimum atomic E-state index is 0.128. The molecule has 4 aromatic rings. The second kappa shape index (κ2) is 7.17. The lowest BCUT2D eigenvalue weighted by atomic mass is 9.89. The lowest BCUT2D eigenvalue weighted by molar-refractivity contribution is 0.0857. The van der Waals surface area contributed by atoms with Crippen LogP contribution in [0, 0.1) is 0 Å². The average molecular weight is 390 g/mol. The van der Waals surface area contributed by atoms with E-state index in [0.717, 1.165) is 35.2 Å². The number of aromatic amines is 1. The Morgan fingerprint density at radius 3 is 2.86 bits per heavy atom. The first kappa shape index (κ1) is 17.6. The summed E-state index contributed by atoms with van der Waals surface area (Å²) in [5.74, 6) is 1.02. The van der Waals surface area contributed by atoms with E-state index < -0.39 is 0 Å². The maximum absolute atomic E-state index is 6.30. The van der Waals surface area contributed by atoms with E-state index in [9.17, 15) is 0 Å². The van der Waals surface area contributed by atoms with Gasteiger partial charge in [0.1, 0.15) is 11.8 Å². The lowest BCUT2D eigenvalue weighted by Crippen LogP contribution is -2.45. The molecule has 5 rings (SSSR count). The van der Waals surface area contributed by atoms with E-state index in [0.29, 0.717) is 23.5 Å². The van der Waals surface area contributed by atoms with Crippen molar-refractivity contribution in [3.05, 3.63) is 43.0 Å². The molecule has 9 nitrogen and oxygen atoms in total. The first-order chi connectivity index (χ1) is 14.2. The number of aromatic nitrogens is 6. The number of aryl methyl sites for hydroxylation is 1. The monoisotopic (exact) mass is 390 g/mol. The molecule has 3 N–H and O–H groups in total. The van der Waals surface area contributed by atoms with Gasteiger partial charge in [-0.1, -0.05) is 6.07 Å². The van der Waals surface area contributed by atoms with Crippen LogP contribution >= 0.6 is 0 Å². The van der Waals surface area contributed by atoms with Gasteiger partial charge in [-0.3, -0.25) is 9.67 Å². The molecule has 1 aliphatic carbocycles. The average Bonchev–Trinajstić information content (AvgIpc) is 3.31. The van der Waals surface area contributed by atoms with Crippen LogP contribution in [0.15, 0.2) is 43.0 Å². The van der Waals surface area contributed by atoms with Gasteiger partial charge in [0.05, 0.1) is 23.0 Å². The molecular weight excluding hydrogens is 368 g/mol. The minimum absolute atomic E-state index is 0.128. The van der Waals surface area contributed by atoms with E-state index >= 15 is 0 Å². The Balaban J connectivity index is 1.55. The SMILES string of the molecule is CNC1CC(Oc2nc(Nc3cnn(C)c3)nc3[nH]cc(-c4ccccn4)c23)C1. The van der Waals surface area contributed by atoms with E-state index in [1.165, 1.54) is 0 Å². The molecule has 0 unspecified atom stereocenters. The summed E-state index contributed by atoms with van der Waals surface area (Å²) in [6, 6.07) is 6.32. The molecule has 0 saturated heterocycles. The molecule has 1 aliphatic rings. The zero-order chi connectivity index (χ0) is 19.8. The third-order valence-corrected chi connectivity index (χ3v) is 5.18. The van der Waals surface area contributed by atoms with Crippen LogP contribution in [0.3, 0.4) is 0 Å². The number of fused-ring (bicyclic) bond motifs is 1. The lowest BCUT2D eigenvalue weighted by Gasteiger charge is -2.34. The van der Waals surface area contributed by atoms with Crippen LogP contribution in [0.4, 0.5) is 11.6 Å².